The van der Waals surface area contributed by atoms with E-state index in [1.807, 2.05) is 0 Å². The molecule has 0 atom stereocenters. The molecule has 0 aliphatic heterocycles. The third-order valence-corrected chi connectivity index (χ3v) is 2.55. The zero-order chi connectivity index (χ0) is 11.2. The predicted octanol–water partition coefficient (Wildman–Crippen LogP) is 3.71. The smallest absolute Gasteiger partial charge is 0.0965 e. The Kier molecular flexibility index (Phi) is 13.8. The number of rotatable bonds is 12. The summed E-state index contributed by atoms with van der Waals surface area (Å²) in [5.74, 6) is 0. The number of unbranched alkanes of at least 4 members (excludes halogenated alkanes) is 6. The van der Waals surface area contributed by atoms with Crippen LogP contribution in [0.2, 0.25) is 0 Å². The zero-order valence-corrected chi connectivity index (χ0v) is 10.7. The van der Waals surface area contributed by atoms with E-state index in [4.69, 9.17) is 4.74 Å². The molecule has 0 unspecified atom stereocenters. The first-order valence-corrected chi connectivity index (χ1v) is 6.70. The van der Waals surface area contributed by atoms with Crippen LogP contribution in [0.5, 0.6) is 0 Å². The first-order valence-electron chi connectivity index (χ1n) is 6.70. The van der Waals surface area contributed by atoms with Gasteiger partial charge in [0.2, 0.25) is 0 Å². The van der Waals surface area contributed by atoms with Crippen LogP contribution in [0.15, 0.2) is 0 Å². The summed E-state index contributed by atoms with van der Waals surface area (Å²) in [6.07, 6.45) is 10.6. The van der Waals surface area contributed by atoms with E-state index < -0.39 is 0 Å². The summed E-state index contributed by atoms with van der Waals surface area (Å²) < 4.78 is 5.41. The standard InChI is InChI=1S/C13H29NO/c1-3-5-7-8-9-10-11-14-13-15-12-6-4-2/h14H,3-13H2,1-2H3. The van der Waals surface area contributed by atoms with Crippen LogP contribution in [0, 0.1) is 0 Å². The monoisotopic (exact) mass is 215 g/mol. The molecule has 0 bridgehead atoms. The average molecular weight is 215 g/mol. The summed E-state index contributed by atoms with van der Waals surface area (Å²) in [6, 6.07) is 0. The molecule has 1 N–H and O–H groups in total. The Bertz CT molecular complexity index is 94.7. The minimum absolute atomic E-state index is 0.731. The second-order valence-corrected chi connectivity index (χ2v) is 4.17. The molecule has 0 rings (SSSR count). The molecule has 0 heterocycles. The first-order chi connectivity index (χ1) is 7.41. The van der Waals surface area contributed by atoms with E-state index in [1.165, 1.54) is 51.4 Å². The SMILES string of the molecule is CCCCCCCCNCOCCCC. The summed E-state index contributed by atoms with van der Waals surface area (Å²) >= 11 is 0. The fraction of sp³-hybridized carbons (Fsp3) is 1.00. The van der Waals surface area contributed by atoms with E-state index in [2.05, 4.69) is 19.2 Å². The van der Waals surface area contributed by atoms with E-state index >= 15 is 0 Å². The maximum absolute atomic E-state index is 5.41. The van der Waals surface area contributed by atoms with Crippen molar-refractivity contribution in [1.29, 1.82) is 0 Å². The molecule has 2 heteroatoms. The Morgan fingerprint density at radius 2 is 1.47 bits per heavy atom. The van der Waals surface area contributed by atoms with Crippen LogP contribution in [-0.2, 0) is 4.74 Å². The number of hydrogen-bond acceptors (Lipinski definition) is 2. The van der Waals surface area contributed by atoms with Gasteiger partial charge in [-0.2, -0.15) is 0 Å². The highest BCUT2D eigenvalue weighted by Crippen LogP contribution is 2.03. The van der Waals surface area contributed by atoms with E-state index in [0.29, 0.717) is 0 Å². The van der Waals surface area contributed by atoms with E-state index in [0.717, 1.165) is 19.9 Å². The van der Waals surface area contributed by atoms with Crippen LogP contribution < -0.4 is 5.32 Å². The lowest BCUT2D eigenvalue weighted by Gasteiger charge is -2.05. The van der Waals surface area contributed by atoms with Crippen molar-refractivity contribution in [2.24, 2.45) is 0 Å². The van der Waals surface area contributed by atoms with Crippen molar-refractivity contribution in [1.82, 2.24) is 5.32 Å². The summed E-state index contributed by atoms with van der Waals surface area (Å²) in [7, 11) is 0. The quantitative estimate of drug-likeness (QED) is 0.396. The van der Waals surface area contributed by atoms with Gasteiger partial charge in [-0.15, -0.1) is 0 Å². The second-order valence-electron chi connectivity index (χ2n) is 4.17. The molecular formula is C13H29NO. The molecule has 0 saturated heterocycles. The van der Waals surface area contributed by atoms with Gasteiger partial charge in [0.05, 0.1) is 6.73 Å². The Balaban J connectivity index is 2.81. The van der Waals surface area contributed by atoms with Gasteiger partial charge < -0.3 is 4.74 Å². The lowest BCUT2D eigenvalue weighted by molar-refractivity contribution is 0.114. The summed E-state index contributed by atoms with van der Waals surface area (Å²) in [5, 5.41) is 3.31. The number of hydrogen-bond donors (Lipinski definition) is 1. The summed E-state index contributed by atoms with van der Waals surface area (Å²) in [5.41, 5.74) is 0. The van der Waals surface area contributed by atoms with Crippen molar-refractivity contribution in [3.8, 4) is 0 Å². The third-order valence-electron chi connectivity index (χ3n) is 2.55. The maximum Gasteiger partial charge on any atom is 0.0965 e. The van der Waals surface area contributed by atoms with Crippen LogP contribution in [0.4, 0.5) is 0 Å². The van der Waals surface area contributed by atoms with Crippen molar-refractivity contribution in [2.45, 2.75) is 65.2 Å². The van der Waals surface area contributed by atoms with Crippen LogP contribution in [0.25, 0.3) is 0 Å². The van der Waals surface area contributed by atoms with Crippen LogP contribution >= 0.6 is 0 Å². The zero-order valence-electron chi connectivity index (χ0n) is 10.7. The first kappa shape index (κ1) is 14.9. The molecule has 0 fully saturated rings. The van der Waals surface area contributed by atoms with E-state index in [-0.39, 0.29) is 0 Å². The molecule has 15 heavy (non-hydrogen) atoms. The minimum Gasteiger partial charge on any atom is -0.366 e. The molecule has 0 saturated carbocycles. The summed E-state index contributed by atoms with van der Waals surface area (Å²) in [6.45, 7) is 7.19. The summed E-state index contributed by atoms with van der Waals surface area (Å²) in [4.78, 5) is 0. The fourth-order valence-electron chi connectivity index (χ4n) is 1.49. The fourth-order valence-corrected chi connectivity index (χ4v) is 1.49. The van der Waals surface area contributed by atoms with Crippen LogP contribution in [0.3, 0.4) is 0 Å². The van der Waals surface area contributed by atoms with Crippen molar-refractivity contribution in [2.75, 3.05) is 19.9 Å². The number of ether oxygens (including phenoxy) is 1. The van der Waals surface area contributed by atoms with E-state index in [9.17, 15) is 0 Å². The molecule has 2 nitrogen and oxygen atoms in total. The molecule has 0 radical (unpaired) electrons. The molecule has 0 aromatic rings. The van der Waals surface area contributed by atoms with Crippen molar-refractivity contribution < 1.29 is 4.74 Å². The second kappa shape index (κ2) is 13.9. The van der Waals surface area contributed by atoms with Gasteiger partial charge in [0.25, 0.3) is 0 Å². The topological polar surface area (TPSA) is 21.3 Å². The van der Waals surface area contributed by atoms with Crippen LogP contribution in [0.1, 0.15) is 65.2 Å². The highest BCUT2D eigenvalue weighted by molar-refractivity contribution is 4.46. The van der Waals surface area contributed by atoms with Crippen molar-refractivity contribution in [3.63, 3.8) is 0 Å². The largest absolute Gasteiger partial charge is 0.366 e. The van der Waals surface area contributed by atoms with Gasteiger partial charge in [-0.3, -0.25) is 5.32 Å². The lowest BCUT2D eigenvalue weighted by atomic mass is 10.1. The van der Waals surface area contributed by atoms with Crippen LogP contribution in [-0.4, -0.2) is 19.9 Å². The number of nitrogens with one attached hydrogen (secondary N) is 1. The molecule has 0 aromatic heterocycles. The Labute approximate surface area is 95.8 Å². The Morgan fingerprint density at radius 3 is 2.20 bits per heavy atom. The van der Waals surface area contributed by atoms with Gasteiger partial charge in [-0.25, -0.2) is 0 Å². The lowest BCUT2D eigenvalue weighted by Crippen LogP contribution is -2.19. The normalized spacial score (nSPS) is 10.8. The molecule has 0 spiro atoms. The average Bonchev–Trinajstić information content (AvgIpc) is 2.26. The molecule has 0 amide bonds. The highest BCUT2D eigenvalue weighted by atomic mass is 16.5. The molecule has 92 valence electrons. The molecule has 0 aliphatic carbocycles. The van der Waals surface area contributed by atoms with Gasteiger partial charge >= 0.3 is 0 Å². The van der Waals surface area contributed by atoms with Gasteiger partial charge in [0.15, 0.2) is 0 Å². The van der Waals surface area contributed by atoms with E-state index in [1.54, 1.807) is 0 Å². The van der Waals surface area contributed by atoms with Gasteiger partial charge in [0, 0.05) is 6.61 Å². The maximum atomic E-state index is 5.41. The third kappa shape index (κ3) is 13.9. The molecular weight excluding hydrogens is 186 g/mol. The molecule has 0 aliphatic rings. The Hall–Kier alpha value is -0.0800. The van der Waals surface area contributed by atoms with Gasteiger partial charge in [0.1, 0.15) is 0 Å². The van der Waals surface area contributed by atoms with Crippen molar-refractivity contribution >= 4 is 0 Å². The highest BCUT2D eigenvalue weighted by Gasteiger charge is 1.90. The predicted molar refractivity (Wildman–Crippen MR) is 67.1 cm³/mol. The Morgan fingerprint density at radius 1 is 0.800 bits per heavy atom. The van der Waals surface area contributed by atoms with Gasteiger partial charge in [-0.05, 0) is 19.4 Å². The van der Waals surface area contributed by atoms with Gasteiger partial charge in [-0.1, -0.05) is 52.4 Å². The molecule has 0 aromatic carbocycles. The minimum atomic E-state index is 0.731. The van der Waals surface area contributed by atoms with Crippen molar-refractivity contribution in [3.05, 3.63) is 0 Å².